The van der Waals surface area contributed by atoms with E-state index in [0.29, 0.717) is 11.4 Å². The number of anilines is 2. The van der Waals surface area contributed by atoms with Crippen molar-refractivity contribution in [3.63, 3.8) is 0 Å². The third-order valence-corrected chi connectivity index (χ3v) is 8.12. The van der Waals surface area contributed by atoms with E-state index in [4.69, 9.17) is 0 Å². The molecule has 3 atom stereocenters. The van der Waals surface area contributed by atoms with Gasteiger partial charge in [0.05, 0.1) is 16.9 Å². The first-order valence-corrected chi connectivity index (χ1v) is 13.0. The molecule has 0 aliphatic carbocycles. The molecule has 2 heterocycles. The Kier molecular flexibility index (Phi) is 6.72. The topological polar surface area (TPSA) is 45.6 Å². The first-order chi connectivity index (χ1) is 17.5. The van der Waals surface area contributed by atoms with E-state index in [1.54, 1.807) is 4.90 Å². The zero-order valence-corrected chi connectivity index (χ0v) is 21.3. The summed E-state index contributed by atoms with van der Waals surface area (Å²) in [5.74, 6) is -0.666. The highest BCUT2D eigenvalue weighted by atomic mass is 32.2. The fourth-order valence-electron chi connectivity index (χ4n) is 4.84. The van der Waals surface area contributed by atoms with Crippen molar-refractivity contribution >= 4 is 28.3 Å². The second kappa shape index (κ2) is 10.1. The lowest BCUT2D eigenvalue weighted by Crippen LogP contribution is -2.37. The summed E-state index contributed by atoms with van der Waals surface area (Å²) in [6.07, 6.45) is 1.96. The highest BCUT2D eigenvalue weighted by Crippen LogP contribution is 2.44. The van der Waals surface area contributed by atoms with Crippen LogP contribution in [-0.2, 0) is 22.8 Å². The van der Waals surface area contributed by atoms with Gasteiger partial charge in [0.1, 0.15) is 11.0 Å². The van der Waals surface area contributed by atoms with Crippen LogP contribution in [0.25, 0.3) is 0 Å². The molecular weight excluding hydrogens is 466 g/mol. The Morgan fingerprint density at radius 3 is 2.00 bits per heavy atom. The smallest absolute Gasteiger partial charge is 0.240 e. The van der Waals surface area contributed by atoms with E-state index in [-0.39, 0.29) is 5.91 Å². The van der Waals surface area contributed by atoms with E-state index in [2.05, 4.69) is 6.58 Å². The number of benzene rings is 3. The van der Waals surface area contributed by atoms with E-state index in [0.717, 1.165) is 28.2 Å². The Hall–Kier alpha value is -3.74. The molecule has 0 spiro atoms. The van der Waals surface area contributed by atoms with Crippen molar-refractivity contribution in [3.8, 4) is 0 Å². The van der Waals surface area contributed by atoms with Crippen LogP contribution in [0.15, 0.2) is 120 Å². The van der Waals surface area contributed by atoms with Gasteiger partial charge in [-0.15, -0.1) is 0 Å². The maximum atomic E-state index is 14.5. The Labute approximate surface area is 214 Å². The van der Waals surface area contributed by atoms with E-state index in [9.17, 15) is 9.00 Å². The van der Waals surface area contributed by atoms with Gasteiger partial charge in [-0.2, -0.15) is 0 Å². The number of hydrogen-bond donors (Lipinski definition) is 0. The number of aromatic nitrogens is 1. The molecule has 1 amide bonds. The van der Waals surface area contributed by atoms with Crippen LogP contribution in [-0.4, -0.2) is 25.5 Å². The van der Waals surface area contributed by atoms with Gasteiger partial charge in [0, 0.05) is 36.9 Å². The molecule has 182 valence electrons. The molecule has 0 bridgehead atoms. The molecule has 5 rings (SSSR count). The molecule has 3 aromatic carbocycles. The summed E-state index contributed by atoms with van der Waals surface area (Å²) in [4.78, 5) is 16.9. The Balaban J connectivity index is 1.60. The second-order valence-corrected chi connectivity index (χ2v) is 10.5. The summed E-state index contributed by atoms with van der Waals surface area (Å²) < 4.78 is 17.8. The lowest BCUT2D eigenvalue weighted by atomic mass is 9.92. The van der Waals surface area contributed by atoms with Crippen LogP contribution in [0, 0.1) is 12.8 Å². The predicted molar refractivity (Wildman–Crippen MR) is 145 cm³/mol. The first kappa shape index (κ1) is 24.0. The minimum Gasteiger partial charge on any atom is -0.353 e. The summed E-state index contributed by atoms with van der Waals surface area (Å²) in [6.45, 7) is 6.70. The van der Waals surface area contributed by atoms with Crippen LogP contribution in [0.5, 0.6) is 0 Å². The molecule has 0 saturated carbocycles. The van der Waals surface area contributed by atoms with Gasteiger partial charge in [0.25, 0.3) is 0 Å². The predicted octanol–water partition coefficient (Wildman–Crippen LogP) is 5.95. The lowest BCUT2D eigenvalue weighted by Gasteiger charge is -2.31. The van der Waals surface area contributed by atoms with E-state index >= 15 is 0 Å². The molecule has 0 N–H and O–H groups in total. The molecule has 1 aliphatic rings. The number of aryl methyl sites for hydroxylation is 2. The second-order valence-electron chi connectivity index (χ2n) is 9.11. The van der Waals surface area contributed by atoms with Crippen molar-refractivity contribution < 1.29 is 9.00 Å². The largest absolute Gasteiger partial charge is 0.353 e. The summed E-state index contributed by atoms with van der Waals surface area (Å²) >= 11 is 0. The van der Waals surface area contributed by atoms with Gasteiger partial charge >= 0.3 is 0 Å². The summed E-state index contributed by atoms with van der Waals surface area (Å²) in [5, 5.41) is 0. The highest BCUT2D eigenvalue weighted by molar-refractivity contribution is 7.82. The van der Waals surface area contributed by atoms with Crippen molar-refractivity contribution in [2.75, 3.05) is 11.4 Å². The van der Waals surface area contributed by atoms with Crippen LogP contribution in [0.4, 0.5) is 11.4 Å². The molecule has 5 nitrogen and oxygen atoms in total. The van der Waals surface area contributed by atoms with Crippen molar-refractivity contribution in [2.45, 2.75) is 17.9 Å². The molecule has 1 aliphatic heterocycles. The maximum Gasteiger partial charge on any atom is 0.240 e. The molecule has 4 aromatic rings. The maximum absolute atomic E-state index is 14.5. The lowest BCUT2D eigenvalue weighted by molar-refractivity contribution is -0.121. The average Bonchev–Trinajstić information content (AvgIpc) is 3.47. The Bertz CT molecular complexity index is 1360. The zero-order valence-electron chi connectivity index (χ0n) is 20.5. The van der Waals surface area contributed by atoms with Gasteiger partial charge in [-0.3, -0.25) is 9.69 Å². The van der Waals surface area contributed by atoms with Crippen molar-refractivity contribution in [1.82, 2.24) is 8.87 Å². The molecule has 0 radical (unpaired) electrons. The standard InChI is InChI=1S/C30H29N3O2S/c1-22-16-18-26(19-17-22)36(35)32-21-23(2)28(29(32)27-15-10-20-31(27)3)30(34)33(24-11-6-4-7-12-24)25-13-8-5-9-14-25/h4-20,28-29H,2,21H2,1,3H3/t28-,29+,36+/m1/s1. The number of nitrogens with zero attached hydrogens (tertiary/aromatic N) is 3. The number of amides is 1. The van der Waals surface area contributed by atoms with Gasteiger partial charge < -0.3 is 4.57 Å². The molecule has 0 unspecified atom stereocenters. The number of carbonyl (C=O) groups is 1. The number of hydrogen-bond acceptors (Lipinski definition) is 2. The van der Waals surface area contributed by atoms with Crippen molar-refractivity contribution in [2.24, 2.45) is 13.0 Å². The van der Waals surface area contributed by atoms with Crippen LogP contribution in [0.2, 0.25) is 0 Å². The van der Waals surface area contributed by atoms with Crippen LogP contribution < -0.4 is 4.90 Å². The fraction of sp³-hybridized carbons (Fsp3) is 0.167. The molecule has 1 aromatic heterocycles. The fourth-order valence-corrected chi connectivity index (χ4v) is 6.20. The molecule has 1 fully saturated rings. The summed E-state index contributed by atoms with van der Waals surface area (Å²) in [7, 11) is 0.494. The van der Waals surface area contributed by atoms with Crippen LogP contribution >= 0.6 is 0 Å². The molecule has 1 saturated heterocycles. The van der Waals surface area contributed by atoms with Gasteiger partial charge in [0.2, 0.25) is 5.91 Å². The normalized spacial score (nSPS) is 18.8. The van der Waals surface area contributed by atoms with Gasteiger partial charge in [-0.25, -0.2) is 8.51 Å². The third kappa shape index (κ3) is 4.45. The average molecular weight is 496 g/mol. The van der Waals surface area contributed by atoms with Crippen LogP contribution in [0.3, 0.4) is 0 Å². The molecule has 36 heavy (non-hydrogen) atoms. The first-order valence-electron chi connectivity index (χ1n) is 11.9. The molecule has 6 heteroatoms. The summed E-state index contributed by atoms with van der Waals surface area (Å²) in [6, 6.07) is 30.5. The third-order valence-electron chi connectivity index (χ3n) is 6.66. The Morgan fingerprint density at radius 1 is 0.889 bits per heavy atom. The molecular formula is C30H29N3O2S. The Morgan fingerprint density at radius 2 is 1.47 bits per heavy atom. The minimum atomic E-state index is -1.46. The summed E-state index contributed by atoms with van der Waals surface area (Å²) in [5.41, 5.74) is 4.35. The quantitative estimate of drug-likeness (QED) is 0.310. The van der Waals surface area contributed by atoms with Crippen LogP contribution in [0.1, 0.15) is 17.3 Å². The monoisotopic (exact) mass is 495 g/mol. The number of carbonyl (C=O) groups excluding carboxylic acids is 1. The van der Waals surface area contributed by atoms with E-state index in [1.807, 2.05) is 126 Å². The zero-order chi connectivity index (χ0) is 25.2. The SMILES string of the molecule is C=C1CN([S@@](=O)c2ccc(C)cc2)[C@@H](c2cccn2C)[C@@H]1C(=O)N(c1ccccc1)c1ccccc1. The number of para-hydroxylation sites is 2. The van der Waals surface area contributed by atoms with Gasteiger partial charge in [0.15, 0.2) is 0 Å². The van der Waals surface area contributed by atoms with E-state index in [1.165, 1.54) is 0 Å². The van der Waals surface area contributed by atoms with Crippen molar-refractivity contribution in [3.05, 3.63) is 127 Å². The number of rotatable bonds is 6. The highest BCUT2D eigenvalue weighted by Gasteiger charge is 2.47. The van der Waals surface area contributed by atoms with E-state index < -0.39 is 22.9 Å². The van der Waals surface area contributed by atoms with Gasteiger partial charge in [-0.05, 0) is 61.0 Å². The van der Waals surface area contributed by atoms with Gasteiger partial charge in [-0.1, -0.05) is 60.7 Å². The minimum absolute atomic E-state index is 0.0907. The van der Waals surface area contributed by atoms with Crippen molar-refractivity contribution in [1.29, 1.82) is 0 Å².